The molecule has 0 aliphatic heterocycles. The maximum absolute atomic E-state index is 11.2. The Morgan fingerprint density at radius 1 is 1.50 bits per heavy atom. The minimum absolute atomic E-state index is 0.324. The van der Waals surface area contributed by atoms with Crippen LogP contribution in [-0.4, -0.2) is 18.2 Å². The normalized spacial score (nSPS) is 21.6. The number of ether oxygens (including phenoxy) is 1. The smallest absolute Gasteiger partial charge is 0.307 e. The van der Waals surface area contributed by atoms with Crippen LogP contribution < -0.4 is 4.74 Å². The highest BCUT2D eigenvalue weighted by molar-refractivity contribution is 5.75. The Kier molecular flexibility index (Phi) is 2.41. The molecular formula is C13H16O3. The van der Waals surface area contributed by atoms with E-state index in [1.807, 2.05) is 32.0 Å². The maximum Gasteiger partial charge on any atom is 0.307 e. The fraction of sp³-hybridized carbons (Fsp3) is 0.462. The van der Waals surface area contributed by atoms with Gasteiger partial charge >= 0.3 is 5.97 Å². The van der Waals surface area contributed by atoms with Gasteiger partial charge in [-0.3, -0.25) is 4.79 Å². The molecule has 0 amide bonds. The highest BCUT2D eigenvalue weighted by Crippen LogP contribution is 2.44. The minimum atomic E-state index is -0.722. The monoisotopic (exact) mass is 220 g/mol. The number of hydrogen-bond donors (Lipinski definition) is 1. The van der Waals surface area contributed by atoms with Crippen LogP contribution in [0.1, 0.15) is 25.0 Å². The Hall–Kier alpha value is -1.51. The third-order valence-corrected chi connectivity index (χ3v) is 3.60. The molecule has 3 nitrogen and oxygen atoms in total. The van der Waals surface area contributed by atoms with E-state index in [0.29, 0.717) is 6.42 Å². The number of fused-ring (bicyclic) bond motifs is 1. The van der Waals surface area contributed by atoms with E-state index >= 15 is 0 Å². The molecule has 1 aromatic carbocycles. The van der Waals surface area contributed by atoms with Crippen LogP contribution in [0.25, 0.3) is 0 Å². The summed E-state index contributed by atoms with van der Waals surface area (Å²) in [5, 5.41) is 9.22. The lowest BCUT2D eigenvalue weighted by molar-refractivity contribution is -0.143. The van der Waals surface area contributed by atoms with Crippen LogP contribution in [0.4, 0.5) is 0 Å². The molecule has 0 radical (unpaired) electrons. The Labute approximate surface area is 95.0 Å². The van der Waals surface area contributed by atoms with E-state index in [1.165, 1.54) is 0 Å². The third-order valence-electron chi connectivity index (χ3n) is 3.60. The van der Waals surface area contributed by atoms with Gasteiger partial charge in [0.1, 0.15) is 5.75 Å². The van der Waals surface area contributed by atoms with Crippen molar-refractivity contribution in [2.45, 2.75) is 25.7 Å². The Bertz CT molecular complexity index is 435. The summed E-state index contributed by atoms with van der Waals surface area (Å²) in [5.74, 6) is -0.271. The van der Waals surface area contributed by atoms with Crippen molar-refractivity contribution >= 4 is 5.97 Å². The zero-order valence-corrected chi connectivity index (χ0v) is 9.78. The van der Waals surface area contributed by atoms with Crippen LogP contribution in [0, 0.1) is 5.92 Å². The van der Waals surface area contributed by atoms with Gasteiger partial charge in [-0.15, -0.1) is 0 Å². The molecule has 1 aliphatic carbocycles. The summed E-state index contributed by atoms with van der Waals surface area (Å²) in [6.07, 6.45) is 0.613. The van der Waals surface area contributed by atoms with Crippen LogP contribution in [0.15, 0.2) is 18.2 Å². The molecule has 0 fully saturated rings. The second-order valence-electron chi connectivity index (χ2n) is 4.84. The van der Waals surface area contributed by atoms with Crippen molar-refractivity contribution in [3.05, 3.63) is 29.3 Å². The minimum Gasteiger partial charge on any atom is -0.497 e. The van der Waals surface area contributed by atoms with Gasteiger partial charge in [-0.2, -0.15) is 0 Å². The van der Waals surface area contributed by atoms with Crippen LogP contribution in [-0.2, 0) is 16.6 Å². The highest BCUT2D eigenvalue weighted by atomic mass is 16.5. The molecule has 0 heterocycles. The Morgan fingerprint density at radius 3 is 2.75 bits per heavy atom. The first-order valence-corrected chi connectivity index (χ1v) is 5.37. The van der Waals surface area contributed by atoms with Gasteiger partial charge in [0, 0.05) is 5.41 Å². The lowest BCUT2D eigenvalue weighted by Gasteiger charge is -2.25. The first-order valence-electron chi connectivity index (χ1n) is 5.37. The average molecular weight is 220 g/mol. The van der Waals surface area contributed by atoms with E-state index in [9.17, 15) is 9.90 Å². The summed E-state index contributed by atoms with van der Waals surface area (Å²) in [6.45, 7) is 3.97. The van der Waals surface area contributed by atoms with E-state index < -0.39 is 5.97 Å². The van der Waals surface area contributed by atoms with Crippen molar-refractivity contribution in [1.29, 1.82) is 0 Å². The fourth-order valence-corrected chi connectivity index (χ4v) is 2.52. The van der Waals surface area contributed by atoms with Crippen molar-refractivity contribution < 1.29 is 14.6 Å². The molecule has 0 saturated heterocycles. The molecule has 0 bridgehead atoms. The van der Waals surface area contributed by atoms with Gasteiger partial charge in [0.25, 0.3) is 0 Å². The number of rotatable bonds is 2. The van der Waals surface area contributed by atoms with Gasteiger partial charge in [-0.05, 0) is 29.7 Å². The molecule has 86 valence electrons. The second kappa shape index (κ2) is 3.51. The molecule has 1 aliphatic rings. The largest absolute Gasteiger partial charge is 0.497 e. The van der Waals surface area contributed by atoms with Crippen molar-refractivity contribution in [2.24, 2.45) is 5.92 Å². The predicted molar refractivity (Wildman–Crippen MR) is 60.8 cm³/mol. The van der Waals surface area contributed by atoms with Gasteiger partial charge in [0.15, 0.2) is 0 Å². The lowest BCUT2D eigenvalue weighted by atomic mass is 9.78. The topological polar surface area (TPSA) is 46.5 Å². The molecule has 0 aromatic heterocycles. The predicted octanol–water partition coefficient (Wildman–Crippen LogP) is 2.23. The van der Waals surface area contributed by atoms with E-state index in [4.69, 9.17) is 4.74 Å². The molecule has 1 unspecified atom stereocenters. The summed E-state index contributed by atoms with van der Waals surface area (Å²) < 4.78 is 5.18. The zero-order valence-electron chi connectivity index (χ0n) is 9.78. The highest BCUT2D eigenvalue weighted by Gasteiger charge is 2.43. The summed E-state index contributed by atoms with van der Waals surface area (Å²) in [7, 11) is 1.62. The zero-order chi connectivity index (χ0) is 11.9. The molecule has 16 heavy (non-hydrogen) atoms. The van der Waals surface area contributed by atoms with Gasteiger partial charge in [-0.1, -0.05) is 19.9 Å². The van der Waals surface area contributed by atoms with Crippen molar-refractivity contribution in [3.63, 3.8) is 0 Å². The number of methoxy groups -OCH3 is 1. The lowest BCUT2D eigenvalue weighted by Crippen LogP contribution is -2.30. The fourth-order valence-electron chi connectivity index (χ4n) is 2.52. The van der Waals surface area contributed by atoms with Crippen LogP contribution in [0.2, 0.25) is 0 Å². The van der Waals surface area contributed by atoms with Crippen LogP contribution in [0.3, 0.4) is 0 Å². The average Bonchev–Trinajstić information content (AvgIpc) is 2.50. The molecule has 0 spiro atoms. The summed E-state index contributed by atoms with van der Waals surface area (Å²) in [5.41, 5.74) is 1.90. The summed E-state index contributed by atoms with van der Waals surface area (Å²) >= 11 is 0. The molecule has 0 saturated carbocycles. The summed E-state index contributed by atoms with van der Waals surface area (Å²) in [6, 6.07) is 5.82. The van der Waals surface area contributed by atoms with Gasteiger partial charge in [0.05, 0.1) is 13.0 Å². The molecule has 3 heteroatoms. The molecule has 1 atom stereocenters. The van der Waals surface area contributed by atoms with Crippen molar-refractivity contribution in [2.75, 3.05) is 7.11 Å². The standard InChI is InChI=1S/C13H16O3/c1-13(2)10-7-9(16-3)5-4-8(10)6-11(13)12(14)15/h4-5,7,11H,6H2,1-3H3,(H,14,15). The van der Waals surface area contributed by atoms with E-state index in [2.05, 4.69) is 0 Å². The molecule has 1 N–H and O–H groups in total. The Morgan fingerprint density at radius 2 is 2.19 bits per heavy atom. The van der Waals surface area contributed by atoms with Crippen molar-refractivity contribution in [3.8, 4) is 5.75 Å². The number of carbonyl (C=O) groups is 1. The maximum atomic E-state index is 11.2. The van der Waals surface area contributed by atoms with E-state index in [1.54, 1.807) is 7.11 Å². The molecule has 1 aromatic rings. The van der Waals surface area contributed by atoms with E-state index in [-0.39, 0.29) is 11.3 Å². The number of carboxylic acid groups (broad SMARTS) is 1. The van der Waals surface area contributed by atoms with E-state index in [0.717, 1.165) is 16.9 Å². The first kappa shape index (κ1) is 11.0. The van der Waals surface area contributed by atoms with Crippen LogP contribution in [0.5, 0.6) is 5.75 Å². The quantitative estimate of drug-likeness (QED) is 0.831. The Balaban J connectivity index is 2.49. The third kappa shape index (κ3) is 1.47. The number of carboxylic acids is 1. The molecular weight excluding hydrogens is 204 g/mol. The first-order chi connectivity index (χ1) is 7.46. The SMILES string of the molecule is COc1ccc2c(c1)C(C)(C)C(C(=O)O)C2. The second-order valence-corrected chi connectivity index (χ2v) is 4.84. The van der Waals surface area contributed by atoms with Gasteiger partial charge < -0.3 is 9.84 Å². The molecule has 2 rings (SSSR count). The van der Waals surface area contributed by atoms with Gasteiger partial charge in [0.2, 0.25) is 0 Å². The van der Waals surface area contributed by atoms with Crippen LogP contribution >= 0.6 is 0 Å². The summed E-state index contributed by atoms with van der Waals surface area (Å²) in [4.78, 5) is 11.2. The number of benzene rings is 1. The van der Waals surface area contributed by atoms with Gasteiger partial charge in [-0.25, -0.2) is 0 Å². The van der Waals surface area contributed by atoms with Crippen molar-refractivity contribution in [1.82, 2.24) is 0 Å². The number of aliphatic carboxylic acids is 1. The number of hydrogen-bond acceptors (Lipinski definition) is 2.